The van der Waals surface area contributed by atoms with Gasteiger partial charge in [0.05, 0.1) is 0 Å². The molecule has 2 rings (SSSR count). The summed E-state index contributed by atoms with van der Waals surface area (Å²) >= 11 is 0. The van der Waals surface area contributed by atoms with Crippen molar-refractivity contribution in [2.24, 2.45) is 5.92 Å². The molecule has 0 aromatic heterocycles. The molecule has 1 aromatic rings. The normalized spacial score (nSPS) is 19.5. The quantitative estimate of drug-likeness (QED) is 0.808. The lowest BCUT2D eigenvalue weighted by Crippen LogP contribution is -2.40. The fraction of sp³-hybridized carbons (Fsp3) is 0.400. The largest absolute Gasteiger partial charge is 0.480 e. The van der Waals surface area contributed by atoms with Gasteiger partial charge in [-0.05, 0) is 24.3 Å². The lowest BCUT2D eigenvalue weighted by molar-refractivity contribution is -0.143. The van der Waals surface area contributed by atoms with Gasteiger partial charge in [0, 0.05) is 0 Å². The zero-order valence-corrected chi connectivity index (χ0v) is 9.73. The summed E-state index contributed by atoms with van der Waals surface area (Å²) in [7, 11) is 0. The molecule has 1 N–H and O–H groups in total. The summed E-state index contributed by atoms with van der Waals surface area (Å²) in [6, 6.07) is 9.22. The van der Waals surface area contributed by atoms with Crippen LogP contribution in [-0.4, -0.2) is 11.1 Å². The lowest BCUT2D eigenvalue weighted by atomic mass is 9.70. The number of aliphatic carboxylic acids is 1. The molecule has 0 aliphatic heterocycles. The van der Waals surface area contributed by atoms with Crippen molar-refractivity contribution < 1.29 is 9.90 Å². The first-order valence-electron chi connectivity index (χ1n) is 5.98. The molecule has 17 heavy (non-hydrogen) atoms. The van der Waals surface area contributed by atoms with E-state index < -0.39 is 11.4 Å². The van der Waals surface area contributed by atoms with Crippen molar-refractivity contribution in [2.75, 3.05) is 0 Å². The van der Waals surface area contributed by atoms with E-state index in [9.17, 15) is 9.90 Å². The minimum Gasteiger partial charge on any atom is -0.480 e. The van der Waals surface area contributed by atoms with E-state index >= 15 is 0 Å². The van der Waals surface area contributed by atoms with Gasteiger partial charge in [0.15, 0.2) is 5.41 Å². The van der Waals surface area contributed by atoms with E-state index in [1.807, 2.05) is 30.3 Å². The standard InChI is InChI=1S/C15H16O2/c1-2-15(14(16)17,13-10-6-7-11-13)12-8-4-3-5-9-12/h1,3-5,8-9,13H,6-7,10-11H2,(H,16,17). The maximum atomic E-state index is 11.7. The van der Waals surface area contributed by atoms with Gasteiger partial charge >= 0.3 is 5.97 Å². The maximum absolute atomic E-state index is 11.7. The Kier molecular flexibility index (Phi) is 3.19. The first-order chi connectivity index (χ1) is 8.21. The summed E-state index contributed by atoms with van der Waals surface area (Å²) in [5.41, 5.74) is -0.403. The van der Waals surface area contributed by atoms with E-state index in [1.54, 1.807) is 0 Å². The molecule has 1 unspecified atom stereocenters. The molecule has 0 spiro atoms. The van der Waals surface area contributed by atoms with Crippen LogP contribution in [0.15, 0.2) is 30.3 Å². The minimum absolute atomic E-state index is 0.0624. The number of carboxylic acid groups (broad SMARTS) is 1. The molecule has 2 heteroatoms. The van der Waals surface area contributed by atoms with E-state index in [1.165, 1.54) is 0 Å². The second-order valence-corrected chi connectivity index (χ2v) is 4.60. The van der Waals surface area contributed by atoms with E-state index in [4.69, 9.17) is 6.42 Å². The SMILES string of the molecule is C#CC(C(=O)O)(c1ccccc1)C1CCCC1. The highest BCUT2D eigenvalue weighted by Gasteiger charge is 2.46. The Balaban J connectivity index is 2.50. The predicted molar refractivity (Wildman–Crippen MR) is 66.5 cm³/mol. The molecule has 1 atom stereocenters. The van der Waals surface area contributed by atoms with Gasteiger partial charge in [-0.25, -0.2) is 0 Å². The van der Waals surface area contributed by atoms with Crippen LogP contribution in [0, 0.1) is 18.3 Å². The van der Waals surface area contributed by atoms with Crippen molar-refractivity contribution in [3.05, 3.63) is 35.9 Å². The highest BCUT2D eigenvalue weighted by Crippen LogP contribution is 2.42. The number of terminal acetylenes is 1. The predicted octanol–water partition coefficient (Wildman–Crippen LogP) is 2.83. The number of carbonyl (C=O) groups is 1. The molecular weight excluding hydrogens is 212 g/mol. The molecule has 2 nitrogen and oxygen atoms in total. The van der Waals surface area contributed by atoms with Gasteiger partial charge in [0.2, 0.25) is 0 Å². The maximum Gasteiger partial charge on any atom is 0.326 e. The van der Waals surface area contributed by atoms with E-state index in [0.29, 0.717) is 0 Å². The molecule has 1 saturated carbocycles. The van der Waals surface area contributed by atoms with Crippen LogP contribution in [0.4, 0.5) is 0 Å². The summed E-state index contributed by atoms with van der Waals surface area (Å²) < 4.78 is 0. The Morgan fingerprint density at radius 3 is 2.35 bits per heavy atom. The molecule has 88 valence electrons. The van der Waals surface area contributed by atoms with Gasteiger partial charge in [-0.15, -0.1) is 6.42 Å². The summed E-state index contributed by atoms with van der Waals surface area (Å²) in [6.45, 7) is 0. The van der Waals surface area contributed by atoms with Crippen LogP contribution in [0.1, 0.15) is 31.2 Å². The van der Waals surface area contributed by atoms with Crippen LogP contribution in [-0.2, 0) is 10.2 Å². The van der Waals surface area contributed by atoms with Gasteiger partial charge in [-0.1, -0.05) is 49.1 Å². The molecule has 0 heterocycles. The number of hydrogen-bond acceptors (Lipinski definition) is 1. The summed E-state index contributed by atoms with van der Waals surface area (Å²) in [5.74, 6) is 1.75. The molecule has 1 aliphatic rings. The third-order valence-corrected chi connectivity index (χ3v) is 3.76. The van der Waals surface area contributed by atoms with Gasteiger partial charge < -0.3 is 5.11 Å². The number of rotatable bonds is 3. The lowest BCUT2D eigenvalue weighted by Gasteiger charge is -2.30. The average Bonchev–Trinajstić information content (AvgIpc) is 2.86. The van der Waals surface area contributed by atoms with Crippen molar-refractivity contribution in [2.45, 2.75) is 31.1 Å². The Morgan fingerprint density at radius 2 is 1.88 bits per heavy atom. The highest BCUT2D eigenvalue weighted by molar-refractivity contribution is 5.86. The Hall–Kier alpha value is -1.75. The second-order valence-electron chi connectivity index (χ2n) is 4.60. The van der Waals surface area contributed by atoms with Crippen molar-refractivity contribution in [3.8, 4) is 12.3 Å². The van der Waals surface area contributed by atoms with Crippen LogP contribution in [0.25, 0.3) is 0 Å². The van der Waals surface area contributed by atoms with Crippen LogP contribution >= 0.6 is 0 Å². The van der Waals surface area contributed by atoms with Crippen molar-refractivity contribution in [1.82, 2.24) is 0 Å². The fourth-order valence-electron chi connectivity index (χ4n) is 2.86. The highest BCUT2D eigenvalue weighted by atomic mass is 16.4. The monoisotopic (exact) mass is 228 g/mol. The molecule has 1 fully saturated rings. The summed E-state index contributed by atoms with van der Waals surface area (Å²) in [6.07, 6.45) is 9.56. The zero-order chi connectivity index (χ0) is 12.3. The second kappa shape index (κ2) is 4.63. The summed E-state index contributed by atoms with van der Waals surface area (Å²) in [4.78, 5) is 11.7. The van der Waals surface area contributed by atoms with Gasteiger partial charge in [0.1, 0.15) is 0 Å². The molecule has 0 amide bonds. The fourth-order valence-corrected chi connectivity index (χ4v) is 2.86. The van der Waals surface area contributed by atoms with E-state index in [-0.39, 0.29) is 5.92 Å². The van der Waals surface area contributed by atoms with Crippen molar-refractivity contribution >= 4 is 5.97 Å². The van der Waals surface area contributed by atoms with Crippen LogP contribution in [0.3, 0.4) is 0 Å². The van der Waals surface area contributed by atoms with Crippen molar-refractivity contribution in [1.29, 1.82) is 0 Å². The van der Waals surface area contributed by atoms with Gasteiger partial charge in [-0.3, -0.25) is 4.79 Å². The van der Waals surface area contributed by atoms with Crippen LogP contribution < -0.4 is 0 Å². The molecule has 0 saturated heterocycles. The topological polar surface area (TPSA) is 37.3 Å². The number of hydrogen-bond donors (Lipinski definition) is 1. The van der Waals surface area contributed by atoms with Crippen LogP contribution in [0.5, 0.6) is 0 Å². The first-order valence-corrected chi connectivity index (χ1v) is 5.98. The minimum atomic E-state index is -1.14. The van der Waals surface area contributed by atoms with Gasteiger partial charge in [-0.2, -0.15) is 0 Å². The third kappa shape index (κ3) is 1.82. The van der Waals surface area contributed by atoms with Crippen molar-refractivity contribution in [3.63, 3.8) is 0 Å². The summed E-state index contributed by atoms with van der Waals surface area (Å²) in [5, 5.41) is 9.60. The molecule has 0 radical (unpaired) electrons. The zero-order valence-electron chi connectivity index (χ0n) is 9.73. The molecular formula is C15H16O2. The molecule has 1 aliphatic carbocycles. The molecule has 1 aromatic carbocycles. The van der Waals surface area contributed by atoms with Gasteiger partial charge in [0.25, 0.3) is 0 Å². The average molecular weight is 228 g/mol. The first kappa shape index (κ1) is 11.7. The number of benzene rings is 1. The third-order valence-electron chi connectivity index (χ3n) is 3.76. The Morgan fingerprint density at radius 1 is 1.29 bits per heavy atom. The molecule has 0 bridgehead atoms. The Bertz CT molecular complexity index is 438. The Labute approximate surface area is 102 Å². The number of carboxylic acids is 1. The van der Waals surface area contributed by atoms with E-state index in [2.05, 4.69) is 5.92 Å². The smallest absolute Gasteiger partial charge is 0.326 e. The van der Waals surface area contributed by atoms with E-state index in [0.717, 1.165) is 31.2 Å². The van der Waals surface area contributed by atoms with Crippen LogP contribution in [0.2, 0.25) is 0 Å².